The molecule has 2 N–H and O–H groups in total. The highest BCUT2D eigenvalue weighted by Crippen LogP contribution is 2.20. The quantitative estimate of drug-likeness (QED) is 0.879. The van der Waals surface area contributed by atoms with Crippen LogP contribution in [0.3, 0.4) is 0 Å². The lowest BCUT2D eigenvalue weighted by molar-refractivity contribution is 0.673. The van der Waals surface area contributed by atoms with Crippen LogP contribution in [0.1, 0.15) is 17.3 Å². The fraction of sp³-hybridized carbons (Fsp3) is 0.250. The van der Waals surface area contributed by atoms with E-state index in [2.05, 4.69) is 39.8 Å². The minimum atomic E-state index is 0.0167. The Morgan fingerprint density at radius 3 is 2.75 bits per heavy atom. The lowest BCUT2D eigenvalue weighted by Gasteiger charge is -2.12. The molecule has 2 aromatic rings. The lowest BCUT2D eigenvalue weighted by atomic mass is 10.0. The monoisotopic (exact) mass is 327 g/mol. The van der Waals surface area contributed by atoms with Crippen molar-refractivity contribution in [3.05, 3.63) is 51.4 Å². The van der Waals surface area contributed by atoms with Crippen molar-refractivity contribution in [1.29, 1.82) is 0 Å². The van der Waals surface area contributed by atoms with E-state index in [1.54, 1.807) is 4.68 Å². The minimum Gasteiger partial charge on any atom is -0.324 e. The normalized spacial score (nSPS) is 12.7. The van der Waals surface area contributed by atoms with E-state index in [4.69, 9.17) is 5.73 Å². The molecule has 0 saturated carbocycles. The van der Waals surface area contributed by atoms with E-state index < -0.39 is 0 Å². The van der Waals surface area contributed by atoms with Crippen molar-refractivity contribution in [2.75, 3.05) is 0 Å². The van der Waals surface area contributed by atoms with Gasteiger partial charge in [0.2, 0.25) is 0 Å². The molecule has 84 valence electrons. The standard InChI is InChI=1S/C12H14IN3/c1-16-7-6-9(15-16)8-12(14)10-4-2-3-5-11(10)13/h2-7,12H,8,14H2,1H3. The maximum atomic E-state index is 6.18. The second kappa shape index (κ2) is 4.97. The minimum absolute atomic E-state index is 0.0167. The highest BCUT2D eigenvalue weighted by atomic mass is 127. The largest absolute Gasteiger partial charge is 0.324 e. The molecule has 0 aliphatic rings. The summed E-state index contributed by atoms with van der Waals surface area (Å²) in [5, 5.41) is 4.34. The Morgan fingerprint density at radius 1 is 1.38 bits per heavy atom. The van der Waals surface area contributed by atoms with Crippen molar-refractivity contribution in [3.8, 4) is 0 Å². The van der Waals surface area contributed by atoms with Gasteiger partial charge in [-0.2, -0.15) is 5.10 Å². The maximum absolute atomic E-state index is 6.18. The molecule has 1 heterocycles. The Bertz CT molecular complexity index is 479. The molecule has 3 nitrogen and oxygen atoms in total. The van der Waals surface area contributed by atoms with E-state index in [1.165, 1.54) is 9.13 Å². The highest BCUT2D eigenvalue weighted by molar-refractivity contribution is 14.1. The third-order valence-electron chi connectivity index (χ3n) is 2.50. The van der Waals surface area contributed by atoms with Crippen molar-refractivity contribution >= 4 is 22.6 Å². The number of hydrogen-bond acceptors (Lipinski definition) is 2. The van der Waals surface area contributed by atoms with E-state index in [9.17, 15) is 0 Å². The summed E-state index contributed by atoms with van der Waals surface area (Å²) in [4.78, 5) is 0. The summed E-state index contributed by atoms with van der Waals surface area (Å²) in [6.45, 7) is 0. The summed E-state index contributed by atoms with van der Waals surface area (Å²) < 4.78 is 3.02. The number of rotatable bonds is 3. The van der Waals surface area contributed by atoms with Gasteiger partial charge in [-0.1, -0.05) is 18.2 Å². The van der Waals surface area contributed by atoms with Crippen molar-refractivity contribution in [1.82, 2.24) is 9.78 Å². The van der Waals surface area contributed by atoms with Crippen LogP contribution in [0.5, 0.6) is 0 Å². The molecule has 0 saturated heterocycles. The zero-order valence-corrected chi connectivity index (χ0v) is 11.3. The summed E-state index contributed by atoms with van der Waals surface area (Å²) in [6, 6.07) is 10.2. The molecule has 1 atom stereocenters. The van der Waals surface area contributed by atoms with E-state index >= 15 is 0 Å². The van der Waals surface area contributed by atoms with Crippen molar-refractivity contribution in [2.45, 2.75) is 12.5 Å². The molecule has 0 spiro atoms. The third-order valence-corrected chi connectivity index (χ3v) is 3.48. The lowest BCUT2D eigenvalue weighted by Crippen LogP contribution is -2.15. The number of nitrogens with zero attached hydrogens (tertiary/aromatic N) is 2. The van der Waals surface area contributed by atoms with Gasteiger partial charge >= 0.3 is 0 Å². The van der Waals surface area contributed by atoms with Crippen LogP contribution in [0.25, 0.3) is 0 Å². The molecule has 0 amide bonds. The Kier molecular flexibility index (Phi) is 3.60. The van der Waals surface area contributed by atoms with Crippen LogP contribution in [0, 0.1) is 3.57 Å². The fourth-order valence-electron chi connectivity index (χ4n) is 1.68. The van der Waals surface area contributed by atoms with Gasteiger partial charge in [0, 0.05) is 29.3 Å². The molecule has 2 rings (SSSR count). The molecule has 0 radical (unpaired) electrons. The van der Waals surface area contributed by atoms with Gasteiger partial charge in [0.15, 0.2) is 0 Å². The molecule has 0 aliphatic heterocycles. The number of aryl methyl sites for hydroxylation is 1. The molecule has 0 bridgehead atoms. The van der Waals surface area contributed by atoms with Gasteiger partial charge in [-0.25, -0.2) is 0 Å². The van der Waals surface area contributed by atoms with Crippen LogP contribution in [0.4, 0.5) is 0 Å². The first-order chi connectivity index (χ1) is 7.66. The number of benzene rings is 1. The Balaban J connectivity index is 2.14. The van der Waals surface area contributed by atoms with Gasteiger partial charge in [0.25, 0.3) is 0 Å². The first-order valence-corrected chi connectivity index (χ1v) is 6.23. The van der Waals surface area contributed by atoms with E-state index in [1.807, 2.05) is 31.4 Å². The Hall–Kier alpha value is -0.880. The average Bonchev–Trinajstić information content (AvgIpc) is 2.64. The van der Waals surface area contributed by atoms with Crippen LogP contribution in [0.2, 0.25) is 0 Å². The van der Waals surface area contributed by atoms with Crippen molar-refractivity contribution in [3.63, 3.8) is 0 Å². The molecule has 16 heavy (non-hydrogen) atoms. The smallest absolute Gasteiger partial charge is 0.0643 e. The zero-order valence-electron chi connectivity index (χ0n) is 9.10. The topological polar surface area (TPSA) is 43.8 Å². The van der Waals surface area contributed by atoms with Crippen molar-refractivity contribution < 1.29 is 0 Å². The zero-order chi connectivity index (χ0) is 11.5. The Labute approximate surface area is 109 Å². The van der Waals surface area contributed by atoms with Crippen LogP contribution in [0.15, 0.2) is 36.5 Å². The van der Waals surface area contributed by atoms with Gasteiger partial charge in [0.05, 0.1) is 5.69 Å². The Morgan fingerprint density at radius 2 is 2.12 bits per heavy atom. The predicted octanol–water partition coefficient (Wildman–Crippen LogP) is 2.27. The second-order valence-electron chi connectivity index (χ2n) is 3.81. The number of aromatic nitrogens is 2. The van der Waals surface area contributed by atoms with E-state index in [0.717, 1.165) is 12.1 Å². The van der Waals surface area contributed by atoms with E-state index in [-0.39, 0.29) is 6.04 Å². The molecular weight excluding hydrogens is 313 g/mol. The van der Waals surface area contributed by atoms with Gasteiger partial charge in [-0.15, -0.1) is 0 Å². The van der Waals surface area contributed by atoms with Crippen LogP contribution >= 0.6 is 22.6 Å². The number of nitrogens with two attached hydrogens (primary N) is 1. The van der Waals surface area contributed by atoms with Gasteiger partial charge in [-0.3, -0.25) is 4.68 Å². The van der Waals surface area contributed by atoms with Crippen LogP contribution < -0.4 is 5.73 Å². The molecule has 1 unspecified atom stereocenters. The fourth-order valence-corrected chi connectivity index (χ4v) is 2.47. The second-order valence-corrected chi connectivity index (χ2v) is 4.98. The molecule has 4 heteroatoms. The van der Waals surface area contributed by atoms with Crippen LogP contribution in [-0.2, 0) is 13.5 Å². The first kappa shape index (κ1) is 11.6. The summed E-state index contributed by atoms with van der Waals surface area (Å²) in [6.07, 6.45) is 2.72. The predicted molar refractivity (Wildman–Crippen MR) is 73.0 cm³/mol. The molecular formula is C12H14IN3. The molecule has 0 aliphatic carbocycles. The van der Waals surface area contributed by atoms with Crippen molar-refractivity contribution in [2.24, 2.45) is 12.8 Å². The van der Waals surface area contributed by atoms with Gasteiger partial charge in [0.1, 0.15) is 0 Å². The van der Waals surface area contributed by atoms with Crippen LogP contribution in [-0.4, -0.2) is 9.78 Å². The summed E-state index contributed by atoms with van der Waals surface area (Å²) in [5.74, 6) is 0. The SMILES string of the molecule is Cn1ccc(CC(N)c2ccccc2I)n1. The van der Waals surface area contributed by atoms with Gasteiger partial charge in [-0.05, 0) is 40.3 Å². The summed E-state index contributed by atoms with van der Waals surface area (Å²) in [7, 11) is 1.92. The molecule has 1 aromatic heterocycles. The molecule has 1 aromatic carbocycles. The third kappa shape index (κ3) is 2.62. The first-order valence-electron chi connectivity index (χ1n) is 5.15. The average molecular weight is 327 g/mol. The summed E-state index contributed by atoms with van der Waals surface area (Å²) in [5.41, 5.74) is 8.41. The molecule has 0 fully saturated rings. The van der Waals surface area contributed by atoms with Gasteiger partial charge < -0.3 is 5.73 Å². The number of halogens is 1. The summed E-state index contributed by atoms with van der Waals surface area (Å²) >= 11 is 2.32. The number of hydrogen-bond donors (Lipinski definition) is 1. The highest BCUT2D eigenvalue weighted by Gasteiger charge is 2.11. The van der Waals surface area contributed by atoms with E-state index in [0.29, 0.717) is 0 Å². The maximum Gasteiger partial charge on any atom is 0.0643 e.